The molecule has 0 atom stereocenters. The van der Waals surface area contributed by atoms with Crippen molar-refractivity contribution in [2.24, 2.45) is 0 Å². The summed E-state index contributed by atoms with van der Waals surface area (Å²) in [5.74, 6) is 0.421. The summed E-state index contributed by atoms with van der Waals surface area (Å²) < 4.78 is 31.4. The monoisotopic (exact) mass is 316 g/mol. The molecule has 0 aliphatic rings. The van der Waals surface area contributed by atoms with Crippen molar-refractivity contribution in [2.45, 2.75) is 25.0 Å². The van der Waals surface area contributed by atoms with Gasteiger partial charge in [0.2, 0.25) is 10.0 Å². The van der Waals surface area contributed by atoms with E-state index in [0.717, 1.165) is 0 Å². The summed E-state index contributed by atoms with van der Waals surface area (Å²) in [6.07, 6.45) is 0. The Kier molecular flexibility index (Phi) is 4.44. The van der Waals surface area contributed by atoms with Gasteiger partial charge in [-0.15, -0.1) is 0 Å². The van der Waals surface area contributed by atoms with Gasteiger partial charge in [-0.25, -0.2) is 13.1 Å². The second kappa shape index (κ2) is 5.92. The molecule has 20 heavy (non-hydrogen) atoms. The first-order valence-corrected chi connectivity index (χ1v) is 7.59. The predicted octanol–water partition coefficient (Wildman–Crippen LogP) is 1.61. The predicted molar refractivity (Wildman–Crippen MR) is 72.6 cm³/mol. The van der Waals surface area contributed by atoms with Gasteiger partial charge < -0.3 is 9.63 Å². The normalized spacial score (nSPS) is 11.8. The molecule has 0 radical (unpaired) electrons. The third-order valence-electron chi connectivity index (χ3n) is 2.62. The summed E-state index contributed by atoms with van der Waals surface area (Å²) in [6.45, 7) is 1.50. The number of aromatic nitrogens is 1. The molecule has 0 fully saturated rings. The molecule has 0 bridgehead atoms. The van der Waals surface area contributed by atoms with Gasteiger partial charge in [-0.2, -0.15) is 0 Å². The standard InChI is InChI=1S/C12H13ClN2O4S/c1-8-4-10(19-15-8)6-14-20(17,18)11-3-2-9(7-16)12(13)5-11/h2-5,14,16H,6-7H2,1H3. The Labute approximate surface area is 121 Å². The number of halogens is 1. The molecule has 0 spiro atoms. The lowest BCUT2D eigenvalue weighted by Crippen LogP contribution is -2.23. The van der Waals surface area contributed by atoms with Crippen LogP contribution in [0, 0.1) is 6.92 Å². The van der Waals surface area contributed by atoms with Crippen LogP contribution < -0.4 is 4.72 Å². The second-order valence-electron chi connectivity index (χ2n) is 4.17. The van der Waals surface area contributed by atoms with Gasteiger partial charge in [0, 0.05) is 11.1 Å². The summed E-state index contributed by atoms with van der Waals surface area (Å²) in [5, 5.41) is 12.9. The van der Waals surface area contributed by atoms with Crippen LogP contribution in [0.2, 0.25) is 5.02 Å². The maximum Gasteiger partial charge on any atom is 0.241 e. The van der Waals surface area contributed by atoms with Gasteiger partial charge in [0.15, 0.2) is 5.76 Å². The third kappa shape index (κ3) is 3.37. The van der Waals surface area contributed by atoms with Crippen molar-refractivity contribution in [2.75, 3.05) is 0 Å². The fourth-order valence-electron chi connectivity index (χ4n) is 1.57. The molecule has 108 valence electrons. The van der Waals surface area contributed by atoms with Crippen molar-refractivity contribution in [3.05, 3.63) is 46.3 Å². The number of aliphatic hydroxyl groups excluding tert-OH is 1. The quantitative estimate of drug-likeness (QED) is 0.874. The van der Waals surface area contributed by atoms with Gasteiger partial charge in [0.05, 0.1) is 23.7 Å². The van der Waals surface area contributed by atoms with Crippen molar-refractivity contribution < 1.29 is 18.0 Å². The van der Waals surface area contributed by atoms with Crippen molar-refractivity contribution >= 4 is 21.6 Å². The van der Waals surface area contributed by atoms with Crippen LogP contribution in [0.1, 0.15) is 17.0 Å². The zero-order chi connectivity index (χ0) is 14.8. The van der Waals surface area contributed by atoms with Crippen LogP contribution in [-0.2, 0) is 23.2 Å². The van der Waals surface area contributed by atoms with Gasteiger partial charge in [-0.05, 0) is 24.6 Å². The summed E-state index contributed by atoms with van der Waals surface area (Å²) in [5.41, 5.74) is 1.14. The van der Waals surface area contributed by atoms with Crippen molar-refractivity contribution in [1.29, 1.82) is 0 Å². The number of hydrogen-bond donors (Lipinski definition) is 2. The van der Waals surface area contributed by atoms with Crippen molar-refractivity contribution in [1.82, 2.24) is 9.88 Å². The van der Waals surface area contributed by atoms with Gasteiger partial charge >= 0.3 is 0 Å². The maximum atomic E-state index is 12.1. The van der Waals surface area contributed by atoms with Crippen LogP contribution in [0.4, 0.5) is 0 Å². The number of nitrogens with one attached hydrogen (secondary N) is 1. The summed E-state index contributed by atoms with van der Waals surface area (Å²) in [7, 11) is -3.70. The number of rotatable bonds is 5. The Morgan fingerprint density at radius 3 is 2.70 bits per heavy atom. The Morgan fingerprint density at radius 2 is 2.15 bits per heavy atom. The molecule has 0 unspecified atom stereocenters. The van der Waals surface area contributed by atoms with Gasteiger partial charge in [0.25, 0.3) is 0 Å². The molecule has 1 aromatic carbocycles. The van der Waals surface area contributed by atoms with Crippen LogP contribution in [0.25, 0.3) is 0 Å². The highest BCUT2D eigenvalue weighted by atomic mass is 35.5. The van der Waals surface area contributed by atoms with E-state index in [4.69, 9.17) is 21.2 Å². The number of hydrogen-bond acceptors (Lipinski definition) is 5. The minimum absolute atomic E-state index is 0.00252. The smallest absolute Gasteiger partial charge is 0.241 e. The summed E-state index contributed by atoms with van der Waals surface area (Å²) in [4.78, 5) is 0.0240. The van der Waals surface area contributed by atoms with Gasteiger partial charge in [0.1, 0.15) is 0 Å². The molecule has 2 N–H and O–H groups in total. The molecule has 0 saturated heterocycles. The molecular weight excluding hydrogens is 304 g/mol. The fourth-order valence-corrected chi connectivity index (χ4v) is 2.90. The van der Waals surface area contributed by atoms with Crippen molar-refractivity contribution in [3.8, 4) is 0 Å². The molecule has 0 aliphatic heterocycles. The zero-order valence-corrected chi connectivity index (χ0v) is 12.2. The average Bonchev–Trinajstić information content (AvgIpc) is 2.82. The molecule has 1 heterocycles. The molecular formula is C12H13ClN2O4S. The van der Waals surface area contributed by atoms with E-state index in [0.29, 0.717) is 17.0 Å². The van der Waals surface area contributed by atoms with E-state index in [1.807, 2.05) is 0 Å². The van der Waals surface area contributed by atoms with E-state index in [1.54, 1.807) is 13.0 Å². The highest BCUT2D eigenvalue weighted by molar-refractivity contribution is 7.89. The molecule has 0 amide bonds. The molecule has 2 rings (SSSR count). The third-order valence-corrected chi connectivity index (χ3v) is 4.37. The molecule has 8 heteroatoms. The highest BCUT2D eigenvalue weighted by Gasteiger charge is 2.16. The molecule has 2 aromatic rings. The van der Waals surface area contributed by atoms with Crippen LogP contribution in [0.15, 0.2) is 33.7 Å². The maximum absolute atomic E-state index is 12.1. The largest absolute Gasteiger partial charge is 0.392 e. The number of aliphatic hydroxyl groups is 1. The molecule has 6 nitrogen and oxygen atoms in total. The van der Waals surface area contributed by atoms with Crippen LogP contribution in [0.5, 0.6) is 0 Å². The van der Waals surface area contributed by atoms with E-state index in [2.05, 4.69) is 9.88 Å². The topological polar surface area (TPSA) is 92.4 Å². The number of sulfonamides is 1. The Morgan fingerprint density at radius 1 is 1.40 bits per heavy atom. The first-order chi connectivity index (χ1) is 9.42. The Bertz CT molecular complexity index is 712. The van der Waals surface area contributed by atoms with Crippen LogP contribution in [0.3, 0.4) is 0 Å². The van der Waals surface area contributed by atoms with Crippen LogP contribution in [-0.4, -0.2) is 18.7 Å². The lowest BCUT2D eigenvalue weighted by molar-refractivity contribution is 0.282. The Hall–Kier alpha value is -1.41. The van der Waals surface area contributed by atoms with E-state index in [-0.39, 0.29) is 23.1 Å². The SMILES string of the molecule is Cc1cc(CNS(=O)(=O)c2ccc(CO)c(Cl)c2)on1. The average molecular weight is 317 g/mol. The van der Waals surface area contributed by atoms with E-state index in [1.165, 1.54) is 18.2 Å². The summed E-state index contributed by atoms with van der Waals surface area (Å²) >= 11 is 5.88. The molecule has 1 aromatic heterocycles. The first-order valence-electron chi connectivity index (χ1n) is 5.73. The van der Waals surface area contributed by atoms with Crippen molar-refractivity contribution in [3.63, 3.8) is 0 Å². The minimum atomic E-state index is -3.70. The lowest BCUT2D eigenvalue weighted by Gasteiger charge is -2.07. The minimum Gasteiger partial charge on any atom is -0.392 e. The second-order valence-corrected chi connectivity index (χ2v) is 6.34. The summed E-state index contributed by atoms with van der Waals surface area (Å²) in [6, 6.07) is 5.78. The number of benzene rings is 1. The van der Waals surface area contributed by atoms with Gasteiger partial charge in [-0.1, -0.05) is 22.8 Å². The number of nitrogens with zero attached hydrogens (tertiary/aromatic N) is 1. The lowest BCUT2D eigenvalue weighted by atomic mass is 10.2. The van der Waals surface area contributed by atoms with E-state index in [9.17, 15) is 8.42 Å². The highest BCUT2D eigenvalue weighted by Crippen LogP contribution is 2.21. The number of aryl methyl sites for hydroxylation is 1. The Balaban J connectivity index is 2.15. The first kappa shape index (κ1) is 15.0. The zero-order valence-electron chi connectivity index (χ0n) is 10.6. The molecule has 0 saturated carbocycles. The van der Waals surface area contributed by atoms with E-state index >= 15 is 0 Å². The van der Waals surface area contributed by atoms with Crippen LogP contribution >= 0.6 is 11.6 Å². The van der Waals surface area contributed by atoms with E-state index < -0.39 is 10.0 Å². The fraction of sp³-hybridized carbons (Fsp3) is 0.250. The van der Waals surface area contributed by atoms with Gasteiger partial charge in [-0.3, -0.25) is 0 Å². The molecule has 0 aliphatic carbocycles.